The van der Waals surface area contributed by atoms with Gasteiger partial charge in [0.05, 0.1) is 12.5 Å². The second-order valence-corrected chi connectivity index (χ2v) is 7.59. The summed E-state index contributed by atoms with van der Waals surface area (Å²) in [6.07, 6.45) is 0.712. The third-order valence-electron chi connectivity index (χ3n) is 5.46. The molecule has 1 N–H and O–H groups in total. The normalized spacial score (nSPS) is 13.2. The van der Waals surface area contributed by atoms with E-state index >= 15 is 0 Å². The highest BCUT2D eigenvalue weighted by atomic mass is 16.5. The van der Waals surface area contributed by atoms with Crippen LogP contribution in [0.1, 0.15) is 33.9 Å². The predicted molar refractivity (Wildman–Crippen MR) is 121 cm³/mol. The Hall–Kier alpha value is -3.93. The van der Waals surface area contributed by atoms with Crippen molar-refractivity contribution in [3.8, 4) is 0 Å². The summed E-state index contributed by atoms with van der Waals surface area (Å²) >= 11 is 0. The number of nitrogens with one attached hydrogen (secondary N) is 1. The maximum absolute atomic E-state index is 12.6. The van der Waals surface area contributed by atoms with Gasteiger partial charge in [-0.2, -0.15) is 0 Å². The number of carbonyl (C=O) groups excluding carboxylic acids is 3. The van der Waals surface area contributed by atoms with Gasteiger partial charge in [0.15, 0.2) is 6.61 Å². The fourth-order valence-corrected chi connectivity index (χ4v) is 3.81. The number of nitrogens with zero attached hydrogens (tertiary/aromatic N) is 1. The summed E-state index contributed by atoms with van der Waals surface area (Å²) in [6.45, 7) is 0.247. The van der Waals surface area contributed by atoms with Crippen LogP contribution in [0.3, 0.4) is 0 Å². The lowest BCUT2D eigenvalue weighted by Crippen LogP contribution is -2.34. The maximum Gasteiger partial charge on any atom is 0.308 e. The van der Waals surface area contributed by atoms with E-state index in [1.165, 1.54) is 0 Å². The molecule has 1 heterocycles. The molecule has 0 bridgehead atoms. The van der Waals surface area contributed by atoms with Crippen molar-refractivity contribution in [3.05, 3.63) is 102 Å². The van der Waals surface area contributed by atoms with Gasteiger partial charge in [0, 0.05) is 17.8 Å². The first-order valence-corrected chi connectivity index (χ1v) is 10.6. The van der Waals surface area contributed by atoms with Crippen molar-refractivity contribution in [3.63, 3.8) is 0 Å². The van der Waals surface area contributed by atoms with Gasteiger partial charge in [0.2, 0.25) is 0 Å². The largest absolute Gasteiger partial charge is 0.455 e. The Balaban J connectivity index is 1.38. The molecule has 2 amide bonds. The molecular formula is C26H24N2O4. The van der Waals surface area contributed by atoms with E-state index < -0.39 is 12.0 Å². The van der Waals surface area contributed by atoms with Crippen LogP contribution in [-0.4, -0.2) is 30.9 Å². The van der Waals surface area contributed by atoms with Crippen LogP contribution in [0.4, 0.5) is 5.69 Å². The van der Waals surface area contributed by atoms with E-state index in [2.05, 4.69) is 5.32 Å². The lowest BCUT2D eigenvalue weighted by molar-refractivity contribution is -0.148. The molecule has 3 aromatic rings. The summed E-state index contributed by atoms with van der Waals surface area (Å²) in [5, 5.41) is 2.90. The van der Waals surface area contributed by atoms with Crippen molar-refractivity contribution in [2.24, 2.45) is 0 Å². The zero-order valence-electron chi connectivity index (χ0n) is 17.6. The number of carbonyl (C=O) groups is 3. The maximum atomic E-state index is 12.6. The smallest absolute Gasteiger partial charge is 0.308 e. The van der Waals surface area contributed by atoms with E-state index in [4.69, 9.17) is 4.74 Å². The minimum Gasteiger partial charge on any atom is -0.455 e. The molecule has 3 aromatic carbocycles. The lowest BCUT2D eigenvalue weighted by Gasteiger charge is -2.20. The summed E-state index contributed by atoms with van der Waals surface area (Å²) in [7, 11) is 0. The van der Waals surface area contributed by atoms with Crippen LogP contribution < -0.4 is 10.2 Å². The number of amides is 2. The Bertz CT molecular complexity index is 1100. The van der Waals surface area contributed by atoms with Gasteiger partial charge >= 0.3 is 5.97 Å². The van der Waals surface area contributed by atoms with Crippen LogP contribution in [0.25, 0.3) is 0 Å². The Morgan fingerprint density at radius 3 is 2.28 bits per heavy atom. The standard InChI is InChI=1S/C26H24N2O4/c29-24(28-16-15-20-11-7-8-14-23(20)28)18-32-25(30)17-22(19-9-3-1-4-10-19)27-26(31)21-12-5-2-6-13-21/h1-14,22H,15-18H2,(H,27,31). The molecule has 4 rings (SSSR count). The zero-order valence-corrected chi connectivity index (χ0v) is 17.6. The predicted octanol–water partition coefficient (Wildman–Crippen LogP) is 3.68. The summed E-state index contributed by atoms with van der Waals surface area (Å²) in [5.74, 6) is -1.09. The number of hydrogen-bond donors (Lipinski definition) is 1. The van der Waals surface area contributed by atoms with Gasteiger partial charge in [-0.3, -0.25) is 14.4 Å². The number of anilines is 1. The number of para-hydroxylation sites is 1. The molecule has 32 heavy (non-hydrogen) atoms. The molecule has 1 aliphatic heterocycles. The molecule has 0 saturated heterocycles. The van der Waals surface area contributed by atoms with E-state index in [9.17, 15) is 14.4 Å². The Morgan fingerprint density at radius 2 is 1.53 bits per heavy atom. The summed E-state index contributed by atoms with van der Waals surface area (Å²) in [5.41, 5.74) is 3.27. The second kappa shape index (κ2) is 9.92. The van der Waals surface area contributed by atoms with Gasteiger partial charge in [0.1, 0.15) is 0 Å². The van der Waals surface area contributed by atoms with Crippen molar-refractivity contribution in [2.75, 3.05) is 18.1 Å². The summed E-state index contributed by atoms with van der Waals surface area (Å²) in [4.78, 5) is 39.5. The van der Waals surface area contributed by atoms with Gasteiger partial charge in [-0.05, 0) is 35.7 Å². The number of benzene rings is 3. The van der Waals surface area contributed by atoms with Crippen molar-refractivity contribution < 1.29 is 19.1 Å². The number of esters is 1. The summed E-state index contributed by atoms with van der Waals surface area (Å²) in [6, 6.07) is 25.2. The number of fused-ring (bicyclic) bond motifs is 1. The molecule has 0 aromatic heterocycles. The first-order valence-electron chi connectivity index (χ1n) is 10.6. The molecule has 1 aliphatic rings. The molecule has 6 heteroatoms. The van der Waals surface area contributed by atoms with Crippen molar-refractivity contribution in [1.29, 1.82) is 0 Å². The molecule has 1 atom stereocenters. The van der Waals surface area contributed by atoms with Gasteiger partial charge in [0.25, 0.3) is 11.8 Å². The van der Waals surface area contributed by atoms with Gasteiger partial charge in [-0.1, -0.05) is 66.7 Å². The molecule has 0 radical (unpaired) electrons. The first-order chi connectivity index (χ1) is 15.6. The highest BCUT2D eigenvalue weighted by Gasteiger charge is 2.26. The third kappa shape index (κ3) is 5.03. The molecule has 0 aliphatic carbocycles. The number of rotatable bonds is 7. The lowest BCUT2D eigenvalue weighted by atomic mass is 10.0. The van der Waals surface area contributed by atoms with E-state index in [1.54, 1.807) is 29.2 Å². The quantitative estimate of drug-likeness (QED) is 0.583. The van der Waals surface area contributed by atoms with E-state index in [0.717, 1.165) is 23.2 Å². The molecule has 0 fully saturated rings. The first kappa shape index (κ1) is 21.3. The van der Waals surface area contributed by atoms with Crippen LogP contribution in [0.15, 0.2) is 84.9 Å². The average Bonchev–Trinajstić information content (AvgIpc) is 3.27. The minimum absolute atomic E-state index is 0.0769. The van der Waals surface area contributed by atoms with Gasteiger partial charge in [-0.25, -0.2) is 0 Å². The molecule has 0 saturated carbocycles. The van der Waals surface area contributed by atoms with Gasteiger partial charge in [-0.15, -0.1) is 0 Å². The van der Waals surface area contributed by atoms with Crippen molar-refractivity contribution in [1.82, 2.24) is 5.32 Å². The SMILES string of the molecule is O=C(CC(NC(=O)c1ccccc1)c1ccccc1)OCC(=O)N1CCc2ccccc21. The van der Waals surface area contributed by atoms with E-state index in [-0.39, 0.29) is 24.8 Å². The monoisotopic (exact) mass is 428 g/mol. The van der Waals surface area contributed by atoms with E-state index in [1.807, 2.05) is 60.7 Å². The van der Waals surface area contributed by atoms with Crippen molar-refractivity contribution in [2.45, 2.75) is 18.9 Å². The molecule has 0 spiro atoms. The average molecular weight is 428 g/mol. The van der Waals surface area contributed by atoms with Crippen LogP contribution in [-0.2, 0) is 20.7 Å². The highest BCUT2D eigenvalue weighted by molar-refractivity contribution is 5.97. The fourth-order valence-electron chi connectivity index (χ4n) is 3.81. The summed E-state index contributed by atoms with van der Waals surface area (Å²) < 4.78 is 5.29. The van der Waals surface area contributed by atoms with Gasteiger partial charge < -0.3 is 15.0 Å². The fraction of sp³-hybridized carbons (Fsp3) is 0.192. The van der Waals surface area contributed by atoms with Crippen LogP contribution in [0, 0.1) is 0 Å². The number of hydrogen-bond acceptors (Lipinski definition) is 4. The Labute approximate surface area is 186 Å². The van der Waals surface area contributed by atoms with Crippen LogP contribution in [0.2, 0.25) is 0 Å². The number of ether oxygens (including phenoxy) is 1. The minimum atomic E-state index is -0.570. The zero-order chi connectivity index (χ0) is 22.3. The van der Waals surface area contributed by atoms with Crippen LogP contribution >= 0.6 is 0 Å². The topological polar surface area (TPSA) is 75.7 Å². The third-order valence-corrected chi connectivity index (χ3v) is 5.46. The molecular weight excluding hydrogens is 404 g/mol. The molecule has 1 unspecified atom stereocenters. The highest BCUT2D eigenvalue weighted by Crippen LogP contribution is 2.27. The Kier molecular flexibility index (Phi) is 6.60. The molecule has 162 valence electrons. The van der Waals surface area contributed by atoms with Crippen LogP contribution in [0.5, 0.6) is 0 Å². The molecule has 6 nitrogen and oxygen atoms in total. The van der Waals surface area contributed by atoms with Crippen molar-refractivity contribution >= 4 is 23.5 Å². The van der Waals surface area contributed by atoms with E-state index in [0.29, 0.717) is 12.1 Å². The Morgan fingerprint density at radius 1 is 0.875 bits per heavy atom. The second-order valence-electron chi connectivity index (χ2n) is 7.59.